The number of para-hydroxylation sites is 1. The summed E-state index contributed by atoms with van der Waals surface area (Å²) in [6.45, 7) is 0. The summed E-state index contributed by atoms with van der Waals surface area (Å²) in [5.41, 5.74) is 3.61. The van der Waals surface area contributed by atoms with Gasteiger partial charge in [-0.2, -0.15) is 0 Å². The molecule has 4 rings (SSSR count). The van der Waals surface area contributed by atoms with Crippen LogP contribution in [0.5, 0.6) is 0 Å². The number of hydrogen-bond donors (Lipinski definition) is 0. The summed E-state index contributed by atoms with van der Waals surface area (Å²) in [4.78, 5) is 17.6. The molecule has 0 aliphatic rings. The minimum atomic E-state index is 0.611. The van der Waals surface area contributed by atoms with Crippen LogP contribution >= 0.6 is 0 Å². The van der Waals surface area contributed by atoms with Crippen LogP contribution in [0.4, 0.5) is 0 Å². The topological polar surface area (TPSA) is 51.6 Å². The van der Waals surface area contributed by atoms with E-state index in [0.29, 0.717) is 5.82 Å². The fraction of sp³-hybridized carbons (Fsp3) is 0. The SMILES string of the molecule is c1ccc(-c2nc(-c3ccncn3)nc3ccccc23)cc1. The molecule has 2 aromatic heterocycles. The molecule has 2 aromatic carbocycles. The summed E-state index contributed by atoms with van der Waals surface area (Å²) in [5.74, 6) is 0.611. The molecule has 0 saturated carbocycles. The van der Waals surface area contributed by atoms with E-state index in [1.807, 2.05) is 48.5 Å². The van der Waals surface area contributed by atoms with Crippen LogP contribution in [-0.4, -0.2) is 19.9 Å². The van der Waals surface area contributed by atoms with Crippen LogP contribution in [0.2, 0.25) is 0 Å². The van der Waals surface area contributed by atoms with Crippen molar-refractivity contribution in [2.24, 2.45) is 0 Å². The first kappa shape index (κ1) is 12.6. The molecule has 0 aliphatic carbocycles. The predicted molar refractivity (Wildman–Crippen MR) is 86.0 cm³/mol. The average Bonchev–Trinajstić information content (AvgIpc) is 2.62. The van der Waals surface area contributed by atoms with Gasteiger partial charge in [-0.1, -0.05) is 48.5 Å². The summed E-state index contributed by atoms with van der Waals surface area (Å²) in [6, 6.07) is 20.0. The molecule has 0 spiro atoms. The Morgan fingerprint density at radius 1 is 0.727 bits per heavy atom. The van der Waals surface area contributed by atoms with Crippen molar-refractivity contribution in [1.82, 2.24) is 19.9 Å². The minimum absolute atomic E-state index is 0.611. The molecule has 0 amide bonds. The molecular formula is C18H12N4. The van der Waals surface area contributed by atoms with Crippen molar-refractivity contribution in [3.8, 4) is 22.8 Å². The molecule has 104 valence electrons. The first-order chi connectivity index (χ1) is 10.9. The van der Waals surface area contributed by atoms with Crippen molar-refractivity contribution in [2.75, 3.05) is 0 Å². The highest BCUT2D eigenvalue weighted by molar-refractivity contribution is 5.93. The number of fused-ring (bicyclic) bond motifs is 1. The van der Waals surface area contributed by atoms with Gasteiger partial charge in [-0.3, -0.25) is 0 Å². The van der Waals surface area contributed by atoms with Crippen LogP contribution in [0, 0.1) is 0 Å². The van der Waals surface area contributed by atoms with E-state index in [0.717, 1.165) is 27.9 Å². The summed E-state index contributed by atoms with van der Waals surface area (Å²) in [7, 11) is 0. The Kier molecular flexibility index (Phi) is 3.05. The molecule has 4 aromatic rings. The minimum Gasteiger partial charge on any atom is -0.245 e. The summed E-state index contributed by atoms with van der Waals surface area (Å²) < 4.78 is 0. The van der Waals surface area contributed by atoms with Gasteiger partial charge in [-0.05, 0) is 12.1 Å². The normalized spacial score (nSPS) is 10.7. The third-order valence-electron chi connectivity index (χ3n) is 3.46. The molecule has 22 heavy (non-hydrogen) atoms. The second-order valence-corrected chi connectivity index (χ2v) is 4.87. The second kappa shape index (κ2) is 5.33. The maximum absolute atomic E-state index is 4.74. The van der Waals surface area contributed by atoms with Crippen LogP contribution in [0.1, 0.15) is 0 Å². The molecule has 0 saturated heterocycles. The van der Waals surface area contributed by atoms with Crippen molar-refractivity contribution in [2.45, 2.75) is 0 Å². The van der Waals surface area contributed by atoms with Gasteiger partial charge in [0, 0.05) is 17.1 Å². The Morgan fingerprint density at radius 3 is 2.36 bits per heavy atom. The first-order valence-electron chi connectivity index (χ1n) is 7.00. The van der Waals surface area contributed by atoms with E-state index in [-0.39, 0.29) is 0 Å². The van der Waals surface area contributed by atoms with Crippen molar-refractivity contribution in [3.63, 3.8) is 0 Å². The smallest absolute Gasteiger partial charge is 0.179 e. The van der Waals surface area contributed by atoms with Crippen LogP contribution in [0.25, 0.3) is 33.7 Å². The van der Waals surface area contributed by atoms with Crippen molar-refractivity contribution < 1.29 is 0 Å². The number of benzene rings is 2. The predicted octanol–water partition coefficient (Wildman–Crippen LogP) is 3.75. The molecule has 0 unspecified atom stereocenters. The van der Waals surface area contributed by atoms with Gasteiger partial charge in [0.2, 0.25) is 0 Å². The summed E-state index contributed by atoms with van der Waals surface area (Å²) >= 11 is 0. The second-order valence-electron chi connectivity index (χ2n) is 4.87. The van der Waals surface area contributed by atoms with Gasteiger partial charge in [-0.15, -0.1) is 0 Å². The van der Waals surface area contributed by atoms with E-state index in [1.54, 1.807) is 6.20 Å². The fourth-order valence-electron chi connectivity index (χ4n) is 2.43. The molecule has 0 radical (unpaired) electrons. The molecule has 0 N–H and O–H groups in total. The van der Waals surface area contributed by atoms with Gasteiger partial charge >= 0.3 is 0 Å². The van der Waals surface area contributed by atoms with Crippen LogP contribution in [0.3, 0.4) is 0 Å². The Labute approximate surface area is 127 Å². The van der Waals surface area contributed by atoms with E-state index in [9.17, 15) is 0 Å². The monoisotopic (exact) mass is 284 g/mol. The Hall–Kier alpha value is -3.14. The third kappa shape index (κ3) is 2.20. The Balaban J connectivity index is 2.02. The number of aromatic nitrogens is 4. The fourth-order valence-corrected chi connectivity index (χ4v) is 2.43. The third-order valence-corrected chi connectivity index (χ3v) is 3.46. The average molecular weight is 284 g/mol. The Bertz CT molecular complexity index is 921. The van der Waals surface area contributed by atoms with Gasteiger partial charge < -0.3 is 0 Å². The highest BCUT2D eigenvalue weighted by Crippen LogP contribution is 2.27. The molecule has 4 nitrogen and oxygen atoms in total. The first-order valence-corrected chi connectivity index (χ1v) is 7.00. The lowest BCUT2D eigenvalue weighted by atomic mass is 10.1. The lowest BCUT2D eigenvalue weighted by Crippen LogP contribution is -1.96. The lowest BCUT2D eigenvalue weighted by Gasteiger charge is -2.08. The highest BCUT2D eigenvalue weighted by atomic mass is 14.9. The lowest BCUT2D eigenvalue weighted by molar-refractivity contribution is 1.12. The van der Waals surface area contributed by atoms with E-state index in [1.165, 1.54) is 6.33 Å². The molecule has 0 bridgehead atoms. The molecule has 0 fully saturated rings. The van der Waals surface area contributed by atoms with Crippen LogP contribution in [0.15, 0.2) is 73.2 Å². The standard InChI is InChI=1S/C18H12N4/c1-2-6-13(7-3-1)17-14-8-4-5-9-15(14)21-18(22-17)16-10-11-19-12-20-16/h1-12H. The van der Waals surface area contributed by atoms with Gasteiger partial charge in [0.1, 0.15) is 12.0 Å². The molecule has 0 atom stereocenters. The van der Waals surface area contributed by atoms with Gasteiger partial charge in [0.05, 0.1) is 11.2 Å². The van der Waals surface area contributed by atoms with E-state index in [2.05, 4.69) is 27.1 Å². The van der Waals surface area contributed by atoms with Crippen molar-refractivity contribution in [1.29, 1.82) is 0 Å². The number of rotatable bonds is 2. The summed E-state index contributed by atoms with van der Waals surface area (Å²) in [5, 5.41) is 1.03. The van der Waals surface area contributed by atoms with Gasteiger partial charge in [0.15, 0.2) is 5.82 Å². The summed E-state index contributed by atoms with van der Waals surface area (Å²) in [6.07, 6.45) is 3.21. The zero-order chi connectivity index (χ0) is 14.8. The zero-order valence-electron chi connectivity index (χ0n) is 11.7. The number of hydrogen-bond acceptors (Lipinski definition) is 4. The molecule has 2 heterocycles. The maximum Gasteiger partial charge on any atom is 0.179 e. The van der Waals surface area contributed by atoms with Gasteiger partial charge in [-0.25, -0.2) is 19.9 Å². The van der Waals surface area contributed by atoms with Crippen molar-refractivity contribution in [3.05, 3.63) is 73.2 Å². The van der Waals surface area contributed by atoms with Crippen molar-refractivity contribution >= 4 is 10.9 Å². The number of nitrogens with zero attached hydrogens (tertiary/aromatic N) is 4. The van der Waals surface area contributed by atoms with Crippen LogP contribution in [-0.2, 0) is 0 Å². The van der Waals surface area contributed by atoms with Gasteiger partial charge in [0.25, 0.3) is 0 Å². The Morgan fingerprint density at radius 2 is 1.55 bits per heavy atom. The largest absolute Gasteiger partial charge is 0.245 e. The van der Waals surface area contributed by atoms with E-state index >= 15 is 0 Å². The zero-order valence-corrected chi connectivity index (χ0v) is 11.7. The molecule has 4 heteroatoms. The quantitative estimate of drug-likeness (QED) is 0.562. The van der Waals surface area contributed by atoms with E-state index in [4.69, 9.17) is 4.98 Å². The molecule has 0 aliphatic heterocycles. The van der Waals surface area contributed by atoms with E-state index < -0.39 is 0 Å². The van der Waals surface area contributed by atoms with Crippen LogP contribution < -0.4 is 0 Å². The highest BCUT2D eigenvalue weighted by Gasteiger charge is 2.11. The maximum atomic E-state index is 4.74. The molecular weight excluding hydrogens is 272 g/mol.